The third-order valence-corrected chi connectivity index (χ3v) is 4.32. The van der Waals surface area contributed by atoms with E-state index in [0.717, 1.165) is 31.3 Å². The molecule has 0 N–H and O–H groups in total. The summed E-state index contributed by atoms with van der Waals surface area (Å²) in [7, 11) is 0. The van der Waals surface area contributed by atoms with Crippen LogP contribution in [0.15, 0.2) is 48.4 Å². The van der Waals surface area contributed by atoms with E-state index in [0.29, 0.717) is 17.4 Å². The Balaban J connectivity index is 2.11. The van der Waals surface area contributed by atoms with Crippen molar-refractivity contribution < 1.29 is 4.39 Å². The molecular formula is C15H18ClF. The number of alkyl halides is 1. The molecule has 1 atom stereocenters. The van der Waals surface area contributed by atoms with Gasteiger partial charge >= 0.3 is 0 Å². The molecule has 0 saturated heterocycles. The number of halogens is 2. The molecule has 1 saturated carbocycles. The van der Waals surface area contributed by atoms with Crippen LogP contribution in [0, 0.1) is 11.8 Å². The average Bonchev–Trinajstić information content (AvgIpc) is 2.36. The Morgan fingerprint density at radius 2 is 1.88 bits per heavy atom. The van der Waals surface area contributed by atoms with Gasteiger partial charge in [0.25, 0.3) is 0 Å². The quantitative estimate of drug-likeness (QED) is 0.483. The molecule has 2 aliphatic rings. The molecule has 17 heavy (non-hydrogen) atoms. The van der Waals surface area contributed by atoms with Crippen LogP contribution in [-0.4, -0.2) is 5.38 Å². The van der Waals surface area contributed by atoms with Gasteiger partial charge in [-0.3, -0.25) is 0 Å². The van der Waals surface area contributed by atoms with Crippen LogP contribution in [0.4, 0.5) is 4.39 Å². The molecular weight excluding hydrogens is 235 g/mol. The Morgan fingerprint density at radius 1 is 1.24 bits per heavy atom. The smallest absolute Gasteiger partial charge is 0.126 e. The summed E-state index contributed by atoms with van der Waals surface area (Å²) in [6.07, 6.45) is 9.98. The number of rotatable bonds is 2. The van der Waals surface area contributed by atoms with Gasteiger partial charge in [-0.2, -0.15) is 0 Å². The average molecular weight is 253 g/mol. The normalized spacial score (nSPS) is 34.0. The maximum Gasteiger partial charge on any atom is 0.126 e. The first kappa shape index (κ1) is 12.6. The van der Waals surface area contributed by atoms with Gasteiger partial charge in [0.2, 0.25) is 0 Å². The molecule has 1 unspecified atom stereocenters. The molecule has 0 spiro atoms. The lowest BCUT2D eigenvalue weighted by atomic mass is 9.77. The molecule has 0 amide bonds. The van der Waals surface area contributed by atoms with Crippen LogP contribution in [0.25, 0.3) is 0 Å². The summed E-state index contributed by atoms with van der Waals surface area (Å²) >= 11 is 5.99. The monoisotopic (exact) mass is 252 g/mol. The van der Waals surface area contributed by atoms with Crippen molar-refractivity contribution in [3.05, 3.63) is 48.4 Å². The summed E-state index contributed by atoms with van der Waals surface area (Å²) in [6.45, 7) is 7.57. The summed E-state index contributed by atoms with van der Waals surface area (Å²) in [5, 5.41) is -0.660. The van der Waals surface area contributed by atoms with E-state index in [9.17, 15) is 4.39 Å². The van der Waals surface area contributed by atoms with Crippen molar-refractivity contribution in [3.63, 3.8) is 0 Å². The van der Waals surface area contributed by atoms with Crippen molar-refractivity contribution in [2.75, 3.05) is 0 Å². The van der Waals surface area contributed by atoms with Crippen LogP contribution in [0.3, 0.4) is 0 Å². The van der Waals surface area contributed by atoms with Gasteiger partial charge in [-0.25, -0.2) is 4.39 Å². The van der Waals surface area contributed by atoms with Gasteiger partial charge in [0.15, 0.2) is 0 Å². The predicted octanol–water partition coefficient (Wildman–Crippen LogP) is 4.94. The predicted molar refractivity (Wildman–Crippen MR) is 71.7 cm³/mol. The minimum atomic E-state index is -0.660. The van der Waals surface area contributed by atoms with E-state index >= 15 is 0 Å². The standard InChI is InChI=1S/C15H18ClF/c1-3-11-5-7-12(8-6-11)13-9-4-10(2)14(16)15(13)17/h3-4,9,11-12,14H,1-2,5-8H2. The van der Waals surface area contributed by atoms with Crippen molar-refractivity contribution >= 4 is 11.6 Å². The molecule has 2 heteroatoms. The van der Waals surface area contributed by atoms with E-state index < -0.39 is 5.38 Å². The molecule has 0 aliphatic heterocycles. The van der Waals surface area contributed by atoms with Gasteiger partial charge in [-0.05, 0) is 48.7 Å². The van der Waals surface area contributed by atoms with Gasteiger partial charge in [0, 0.05) is 0 Å². The van der Waals surface area contributed by atoms with Crippen molar-refractivity contribution in [3.8, 4) is 0 Å². The van der Waals surface area contributed by atoms with Gasteiger partial charge in [0.05, 0.1) is 0 Å². The van der Waals surface area contributed by atoms with E-state index in [1.807, 2.05) is 18.2 Å². The topological polar surface area (TPSA) is 0 Å². The van der Waals surface area contributed by atoms with Crippen LogP contribution in [0.2, 0.25) is 0 Å². The Labute approximate surface area is 108 Å². The van der Waals surface area contributed by atoms with E-state index in [-0.39, 0.29) is 5.83 Å². The fourth-order valence-corrected chi connectivity index (χ4v) is 2.87. The Kier molecular flexibility index (Phi) is 3.88. The molecule has 2 rings (SSSR count). The molecule has 0 aromatic rings. The first-order valence-electron chi connectivity index (χ1n) is 6.16. The first-order chi connectivity index (χ1) is 8.13. The fraction of sp³-hybridized carbons (Fsp3) is 0.467. The van der Waals surface area contributed by atoms with Gasteiger partial charge in [0.1, 0.15) is 11.2 Å². The Morgan fingerprint density at radius 3 is 2.47 bits per heavy atom. The van der Waals surface area contributed by atoms with Gasteiger partial charge in [-0.1, -0.05) is 24.8 Å². The van der Waals surface area contributed by atoms with Crippen molar-refractivity contribution in [1.82, 2.24) is 0 Å². The molecule has 0 heterocycles. The highest BCUT2D eigenvalue weighted by Gasteiger charge is 2.28. The van der Waals surface area contributed by atoms with Crippen molar-refractivity contribution in [2.45, 2.75) is 31.1 Å². The van der Waals surface area contributed by atoms with E-state index in [2.05, 4.69) is 13.2 Å². The molecule has 0 radical (unpaired) electrons. The second-order valence-corrected chi connectivity index (χ2v) is 5.36. The van der Waals surface area contributed by atoms with Crippen molar-refractivity contribution in [2.24, 2.45) is 11.8 Å². The number of allylic oxidation sites excluding steroid dienone is 6. The molecule has 92 valence electrons. The Bertz CT molecular complexity index is 384. The zero-order valence-electron chi connectivity index (χ0n) is 9.96. The zero-order valence-corrected chi connectivity index (χ0v) is 10.7. The first-order valence-corrected chi connectivity index (χ1v) is 6.60. The highest BCUT2D eigenvalue weighted by molar-refractivity contribution is 6.24. The SMILES string of the molecule is C=CC1CCC(C2=C(F)C(Cl)C(=C)C=C2)CC1. The highest BCUT2D eigenvalue weighted by Crippen LogP contribution is 2.39. The third kappa shape index (κ3) is 2.55. The largest absolute Gasteiger partial charge is 0.209 e. The van der Waals surface area contributed by atoms with Crippen LogP contribution in [0.5, 0.6) is 0 Å². The molecule has 1 fully saturated rings. The van der Waals surface area contributed by atoms with Gasteiger partial charge in [-0.15, -0.1) is 18.2 Å². The van der Waals surface area contributed by atoms with Crippen LogP contribution in [-0.2, 0) is 0 Å². The minimum absolute atomic E-state index is 0.193. The number of hydrogen-bond donors (Lipinski definition) is 0. The van der Waals surface area contributed by atoms with Crippen LogP contribution < -0.4 is 0 Å². The molecule has 0 aromatic carbocycles. The third-order valence-electron chi connectivity index (χ3n) is 3.85. The lowest BCUT2D eigenvalue weighted by Gasteiger charge is -2.29. The molecule has 0 bridgehead atoms. The molecule has 0 aromatic heterocycles. The maximum absolute atomic E-state index is 14.1. The van der Waals surface area contributed by atoms with E-state index in [1.165, 1.54) is 0 Å². The fourth-order valence-electron chi connectivity index (χ4n) is 2.67. The van der Waals surface area contributed by atoms with Crippen LogP contribution in [0.1, 0.15) is 25.7 Å². The summed E-state index contributed by atoms with van der Waals surface area (Å²) in [5.41, 5.74) is 1.44. The molecule has 2 aliphatic carbocycles. The minimum Gasteiger partial charge on any atom is -0.209 e. The summed E-state index contributed by atoms with van der Waals surface area (Å²) in [6, 6.07) is 0. The molecule has 0 nitrogen and oxygen atoms in total. The van der Waals surface area contributed by atoms with Crippen molar-refractivity contribution in [1.29, 1.82) is 0 Å². The summed E-state index contributed by atoms with van der Waals surface area (Å²) < 4.78 is 14.1. The van der Waals surface area contributed by atoms with Crippen LogP contribution >= 0.6 is 11.6 Å². The van der Waals surface area contributed by atoms with E-state index in [1.54, 1.807) is 0 Å². The summed E-state index contributed by atoms with van der Waals surface area (Å²) in [4.78, 5) is 0. The second-order valence-electron chi connectivity index (χ2n) is 4.92. The maximum atomic E-state index is 14.1. The second kappa shape index (κ2) is 5.22. The lowest BCUT2D eigenvalue weighted by molar-refractivity contribution is 0.342. The van der Waals surface area contributed by atoms with E-state index in [4.69, 9.17) is 11.6 Å². The summed E-state index contributed by atoms with van der Waals surface area (Å²) in [5.74, 6) is 0.724. The highest BCUT2D eigenvalue weighted by atomic mass is 35.5. The lowest BCUT2D eigenvalue weighted by Crippen LogP contribution is -2.18. The number of hydrogen-bond acceptors (Lipinski definition) is 0. The van der Waals surface area contributed by atoms with Gasteiger partial charge < -0.3 is 0 Å². The zero-order chi connectivity index (χ0) is 12.4. The Hall–Kier alpha value is -0.820.